The number of likely N-dealkylation sites (tertiary alicyclic amines) is 1. The van der Waals surface area contributed by atoms with E-state index in [1.807, 2.05) is 15.5 Å². The van der Waals surface area contributed by atoms with Gasteiger partial charge in [-0.05, 0) is 30.5 Å². The average molecular weight is 373 g/mol. The second-order valence-electron chi connectivity index (χ2n) is 7.45. The Kier molecular flexibility index (Phi) is 4.00. The van der Waals surface area contributed by atoms with Gasteiger partial charge in [-0.1, -0.05) is 0 Å². The number of fused-ring (bicyclic) bond motifs is 4. The summed E-state index contributed by atoms with van der Waals surface area (Å²) < 4.78 is 1.88. The molecule has 2 aliphatic heterocycles. The first-order valence-electron chi connectivity index (χ1n) is 9.39. The van der Waals surface area contributed by atoms with E-state index in [4.69, 9.17) is 0 Å². The Balaban J connectivity index is 1.55. The predicted molar refractivity (Wildman–Crippen MR) is 103 cm³/mol. The Morgan fingerprint density at radius 1 is 0.964 bits per heavy atom. The van der Waals surface area contributed by atoms with Gasteiger partial charge in [-0.15, -0.1) is 0 Å². The van der Waals surface area contributed by atoms with Crippen LogP contribution in [0.25, 0.3) is 11.1 Å². The molecule has 1 fully saturated rings. The zero-order chi connectivity index (χ0) is 19.1. The van der Waals surface area contributed by atoms with Gasteiger partial charge in [-0.3, -0.25) is 14.6 Å². The molecule has 0 aromatic carbocycles. The number of nitrogens with zero attached hydrogens (tertiary/aromatic N) is 5. The van der Waals surface area contributed by atoms with Gasteiger partial charge >= 0.3 is 0 Å². The van der Waals surface area contributed by atoms with Crippen molar-refractivity contribution >= 4 is 5.91 Å². The van der Waals surface area contributed by atoms with Gasteiger partial charge in [0.1, 0.15) is 6.33 Å². The van der Waals surface area contributed by atoms with Crippen molar-refractivity contribution in [3.63, 3.8) is 0 Å². The fourth-order valence-corrected chi connectivity index (χ4v) is 4.54. The van der Waals surface area contributed by atoms with E-state index in [9.17, 15) is 9.59 Å². The van der Waals surface area contributed by atoms with Crippen LogP contribution in [0.2, 0.25) is 0 Å². The maximum Gasteiger partial charge on any atom is 0.253 e. The third kappa shape index (κ3) is 2.79. The zero-order valence-electron chi connectivity index (χ0n) is 15.2. The van der Waals surface area contributed by atoms with Gasteiger partial charge in [0.15, 0.2) is 0 Å². The normalized spacial score (nSPS) is 20.5. The number of amides is 1. The maximum atomic E-state index is 13.0. The Morgan fingerprint density at radius 2 is 1.75 bits per heavy atom. The number of hydrogen-bond acceptors (Lipinski definition) is 5. The molecule has 2 unspecified atom stereocenters. The zero-order valence-corrected chi connectivity index (χ0v) is 15.2. The van der Waals surface area contributed by atoms with Crippen LogP contribution in [0.5, 0.6) is 0 Å². The minimum absolute atomic E-state index is 0.0132. The van der Waals surface area contributed by atoms with Crippen LogP contribution in [0, 0.1) is 5.92 Å². The molecule has 2 aliphatic rings. The lowest BCUT2D eigenvalue weighted by Gasteiger charge is -2.43. The molecule has 7 nitrogen and oxygen atoms in total. The molecular weight excluding hydrogens is 354 g/mol. The molecule has 1 saturated heterocycles. The van der Waals surface area contributed by atoms with Gasteiger partial charge in [0.2, 0.25) is 0 Å². The van der Waals surface area contributed by atoms with Gasteiger partial charge in [0.05, 0.1) is 0 Å². The Morgan fingerprint density at radius 3 is 2.54 bits per heavy atom. The summed E-state index contributed by atoms with van der Waals surface area (Å²) in [7, 11) is 0. The number of hydrogen-bond donors (Lipinski definition) is 0. The van der Waals surface area contributed by atoms with Crippen molar-refractivity contribution in [1.82, 2.24) is 24.4 Å². The van der Waals surface area contributed by atoms with Gasteiger partial charge in [0, 0.05) is 78.8 Å². The monoisotopic (exact) mass is 373 g/mol. The van der Waals surface area contributed by atoms with Gasteiger partial charge in [0.25, 0.3) is 11.5 Å². The molecule has 5 rings (SSSR count). The summed E-state index contributed by atoms with van der Waals surface area (Å²) >= 11 is 0. The molecular formula is C21H19N5O2. The van der Waals surface area contributed by atoms with E-state index >= 15 is 0 Å². The highest BCUT2D eigenvalue weighted by Gasteiger charge is 2.38. The molecule has 0 N–H and O–H groups in total. The van der Waals surface area contributed by atoms with Gasteiger partial charge in [-0.25, -0.2) is 9.97 Å². The van der Waals surface area contributed by atoms with Crippen molar-refractivity contribution in [2.75, 3.05) is 13.1 Å². The molecule has 0 saturated carbocycles. The fourth-order valence-electron chi connectivity index (χ4n) is 4.54. The van der Waals surface area contributed by atoms with E-state index in [0.717, 1.165) is 23.2 Å². The van der Waals surface area contributed by atoms with Crippen molar-refractivity contribution in [2.45, 2.75) is 18.9 Å². The summed E-state index contributed by atoms with van der Waals surface area (Å²) in [6, 6.07) is 6.97. The lowest BCUT2D eigenvalue weighted by Crippen LogP contribution is -2.49. The summed E-state index contributed by atoms with van der Waals surface area (Å²) in [5.41, 5.74) is 3.52. The SMILES string of the molecule is O=C(c1ccncc1)N1CC2CC(C1)c1c(-c3cncnc3)ccc(=O)n1C2. The summed E-state index contributed by atoms with van der Waals surface area (Å²) in [6.07, 6.45) is 9.28. The molecule has 140 valence electrons. The van der Waals surface area contributed by atoms with E-state index in [2.05, 4.69) is 15.0 Å². The molecule has 0 spiro atoms. The topological polar surface area (TPSA) is 81.0 Å². The highest BCUT2D eigenvalue weighted by Crippen LogP contribution is 2.39. The summed E-state index contributed by atoms with van der Waals surface area (Å²) in [5, 5.41) is 0. The van der Waals surface area contributed by atoms with Crippen molar-refractivity contribution in [1.29, 1.82) is 0 Å². The number of aromatic nitrogens is 4. The first-order valence-corrected chi connectivity index (χ1v) is 9.39. The lowest BCUT2D eigenvalue weighted by atomic mass is 9.80. The molecule has 3 aromatic rings. The Bertz CT molecular complexity index is 1080. The number of pyridine rings is 2. The summed E-state index contributed by atoms with van der Waals surface area (Å²) in [6.45, 7) is 1.90. The minimum Gasteiger partial charge on any atom is -0.338 e. The van der Waals surface area contributed by atoms with Crippen LogP contribution in [0.4, 0.5) is 0 Å². The van der Waals surface area contributed by atoms with Crippen LogP contribution >= 0.6 is 0 Å². The predicted octanol–water partition coefficient (Wildman–Crippen LogP) is 1.96. The highest BCUT2D eigenvalue weighted by molar-refractivity contribution is 5.94. The second-order valence-corrected chi connectivity index (χ2v) is 7.45. The largest absolute Gasteiger partial charge is 0.338 e. The number of carbonyl (C=O) groups is 1. The average Bonchev–Trinajstić information content (AvgIpc) is 2.75. The van der Waals surface area contributed by atoms with Crippen LogP contribution in [-0.4, -0.2) is 43.4 Å². The van der Waals surface area contributed by atoms with Gasteiger partial charge in [-0.2, -0.15) is 0 Å². The maximum absolute atomic E-state index is 13.0. The molecule has 2 atom stereocenters. The molecule has 1 amide bonds. The van der Waals surface area contributed by atoms with Crippen LogP contribution in [0.3, 0.4) is 0 Å². The summed E-state index contributed by atoms with van der Waals surface area (Å²) in [4.78, 5) is 39.7. The lowest BCUT2D eigenvalue weighted by molar-refractivity contribution is 0.0595. The second kappa shape index (κ2) is 6.67. The van der Waals surface area contributed by atoms with Crippen LogP contribution in [0.1, 0.15) is 28.4 Å². The number of piperidine rings is 1. The van der Waals surface area contributed by atoms with Crippen LogP contribution in [-0.2, 0) is 6.54 Å². The molecule has 0 radical (unpaired) electrons. The van der Waals surface area contributed by atoms with Crippen molar-refractivity contribution in [3.8, 4) is 11.1 Å². The highest BCUT2D eigenvalue weighted by atomic mass is 16.2. The summed E-state index contributed by atoms with van der Waals surface area (Å²) in [5.74, 6) is 0.410. The molecule has 2 bridgehead atoms. The molecule has 28 heavy (non-hydrogen) atoms. The molecule has 3 aromatic heterocycles. The van der Waals surface area contributed by atoms with Crippen molar-refractivity contribution < 1.29 is 4.79 Å². The number of rotatable bonds is 2. The van der Waals surface area contributed by atoms with Crippen molar-refractivity contribution in [2.24, 2.45) is 5.92 Å². The first kappa shape index (κ1) is 16.8. The standard InChI is InChI=1S/C21H19N5O2/c27-19-2-1-18(17-8-23-13-24-9-17)20-16-7-14(11-26(19)20)10-25(12-16)21(28)15-3-5-22-6-4-15/h1-6,8-9,13-14,16H,7,10-12H2. The van der Waals surface area contributed by atoms with Gasteiger partial charge < -0.3 is 9.47 Å². The Labute approximate surface area is 161 Å². The molecule has 5 heterocycles. The number of carbonyl (C=O) groups excluding carboxylic acids is 1. The van der Waals surface area contributed by atoms with Crippen molar-refractivity contribution in [3.05, 3.63) is 77.0 Å². The fraction of sp³-hybridized carbons (Fsp3) is 0.286. The van der Waals surface area contributed by atoms with E-state index in [1.54, 1.807) is 43.0 Å². The minimum atomic E-state index is 0.0132. The van der Waals surface area contributed by atoms with Crippen LogP contribution < -0.4 is 5.56 Å². The van der Waals surface area contributed by atoms with E-state index in [1.165, 1.54) is 6.33 Å². The Hall–Kier alpha value is -3.35. The third-order valence-corrected chi connectivity index (χ3v) is 5.68. The van der Waals surface area contributed by atoms with E-state index in [0.29, 0.717) is 25.2 Å². The van der Waals surface area contributed by atoms with E-state index < -0.39 is 0 Å². The van der Waals surface area contributed by atoms with E-state index in [-0.39, 0.29) is 23.3 Å². The quantitative estimate of drug-likeness (QED) is 0.686. The molecule has 0 aliphatic carbocycles. The first-order chi connectivity index (χ1) is 13.7. The smallest absolute Gasteiger partial charge is 0.253 e. The molecule has 7 heteroatoms. The third-order valence-electron chi connectivity index (χ3n) is 5.68. The van der Waals surface area contributed by atoms with Crippen LogP contribution in [0.15, 0.2) is 60.2 Å².